The number of thioether (sulfide) groups is 1. The maximum absolute atomic E-state index is 13.7. The lowest BCUT2D eigenvalue weighted by Crippen LogP contribution is -2.41. The predicted molar refractivity (Wildman–Crippen MR) is 132 cm³/mol. The molecule has 0 spiro atoms. The largest absolute Gasteiger partial charge is 0.379 e. The van der Waals surface area contributed by atoms with Gasteiger partial charge >= 0.3 is 0 Å². The summed E-state index contributed by atoms with van der Waals surface area (Å²) in [6.45, 7) is 3.05. The molecule has 3 aromatic rings. The van der Waals surface area contributed by atoms with Crippen molar-refractivity contribution < 1.29 is 9.53 Å². The summed E-state index contributed by atoms with van der Waals surface area (Å²) in [6, 6.07) is 17.6. The maximum Gasteiger partial charge on any atom is 0.259 e. The first-order chi connectivity index (χ1) is 15.9. The van der Waals surface area contributed by atoms with Crippen molar-refractivity contribution in [3.63, 3.8) is 0 Å². The van der Waals surface area contributed by atoms with E-state index in [2.05, 4.69) is 16.7 Å². The van der Waals surface area contributed by atoms with Crippen LogP contribution in [0, 0.1) is 6.92 Å². The number of halogens is 1. The van der Waals surface area contributed by atoms with Crippen LogP contribution in [-0.2, 0) is 11.2 Å². The zero-order chi connectivity index (χ0) is 23.1. The molecule has 0 unspecified atom stereocenters. The molecule has 5 rings (SSSR count). The molecule has 170 valence electrons. The monoisotopic (exact) mass is 480 g/mol. The molecule has 2 aliphatic heterocycles. The van der Waals surface area contributed by atoms with Crippen molar-refractivity contribution in [3.8, 4) is 5.69 Å². The molecule has 3 heterocycles. The summed E-state index contributed by atoms with van der Waals surface area (Å²) in [6.07, 6.45) is 1.33. The minimum atomic E-state index is -0.242. The molecule has 2 atom stereocenters. The van der Waals surface area contributed by atoms with Gasteiger partial charge < -0.3 is 14.2 Å². The Balaban J connectivity index is 1.72. The van der Waals surface area contributed by atoms with Crippen LogP contribution in [0.5, 0.6) is 0 Å². The Labute approximate surface area is 202 Å². The fourth-order valence-electron chi connectivity index (χ4n) is 4.71. The zero-order valence-electron chi connectivity index (χ0n) is 18.6. The maximum atomic E-state index is 13.7. The Kier molecular flexibility index (Phi) is 6.08. The molecule has 1 saturated heterocycles. The van der Waals surface area contributed by atoms with Crippen molar-refractivity contribution in [2.45, 2.75) is 36.0 Å². The van der Waals surface area contributed by atoms with Crippen LogP contribution in [0.1, 0.15) is 39.0 Å². The highest BCUT2D eigenvalue weighted by Gasteiger charge is 2.33. The van der Waals surface area contributed by atoms with Crippen LogP contribution in [0.4, 0.5) is 0 Å². The number of benzene rings is 2. The molecule has 1 amide bonds. The van der Waals surface area contributed by atoms with E-state index in [1.807, 2.05) is 43.3 Å². The lowest BCUT2D eigenvalue weighted by Gasteiger charge is -2.26. The Hall–Kier alpha value is -2.54. The second-order valence-corrected chi connectivity index (χ2v) is 10.3. The van der Waals surface area contributed by atoms with Crippen molar-refractivity contribution in [2.24, 2.45) is 0 Å². The molecule has 0 saturated carbocycles. The van der Waals surface area contributed by atoms with E-state index in [1.165, 1.54) is 0 Å². The van der Waals surface area contributed by atoms with Gasteiger partial charge in [-0.1, -0.05) is 41.9 Å². The van der Waals surface area contributed by atoms with Crippen LogP contribution in [0.3, 0.4) is 0 Å². The van der Waals surface area contributed by atoms with Crippen molar-refractivity contribution in [1.29, 1.82) is 0 Å². The van der Waals surface area contributed by atoms with Gasteiger partial charge in [0.1, 0.15) is 5.56 Å². The number of rotatable bonds is 3. The number of hydrogen-bond donors (Lipinski definition) is 0. The minimum absolute atomic E-state index is 0.0185. The van der Waals surface area contributed by atoms with Crippen LogP contribution in [0.25, 0.3) is 5.69 Å². The number of pyridine rings is 1. The molecular weight excluding hydrogens is 456 g/mol. The summed E-state index contributed by atoms with van der Waals surface area (Å²) in [5, 5.41) is 0.692. The van der Waals surface area contributed by atoms with Gasteiger partial charge in [-0.25, -0.2) is 0 Å². The van der Waals surface area contributed by atoms with Crippen LogP contribution in [0.2, 0.25) is 5.02 Å². The Morgan fingerprint density at radius 1 is 1.18 bits per heavy atom. The SMILES string of the molecule is Cc1cc(=O)c(C(=O)N(C)[C@@H]2CCOC2)c2n1-c1ccc(Cl)cc1S[C@H](c1ccccc1)C2. The fraction of sp³-hybridized carbons (Fsp3) is 0.308. The van der Waals surface area contributed by atoms with Crippen LogP contribution < -0.4 is 5.43 Å². The van der Waals surface area contributed by atoms with E-state index in [1.54, 1.807) is 29.8 Å². The number of aromatic nitrogens is 1. The van der Waals surface area contributed by atoms with Crippen molar-refractivity contribution in [3.05, 3.63) is 92.4 Å². The molecule has 0 N–H and O–H groups in total. The summed E-state index contributed by atoms with van der Waals surface area (Å²) in [5.41, 5.74) is 3.65. The third-order valence-electron chi connectivity index (χ3n) is 6.47. The minimum Gasteiger partial charge on any atom is -0.379 e. The van der Waals surface area contributed by atoms with Gasteiger partial charge in [-0.15, -0.1) is 11.8 Å². The number of likely N-dealkylation sites (N-methyl/N-ethyl adjacent to an activating group) is 1. The third-order valence-corrected chi connectivity index (χ3v) is 8.01. The molecule has 2 aliphatic rings. The number of carbonyl (C=O) groups is 1. The van der Waals surface area contributed by atoms with E-state index in [0.717, 1.165) is 34.0 Å². The van der Waals surface area contributed by atoms with Crippen LogP contribution in [-0.4, -0.2) is 41.7 Å². The molecule has 0 radical (unpaired) electrons. The molecular formula is C26H25ClN2O3S. The predicted octanol–water partition coefficient (Wildman–Crippen LogP) is 5.05. The molecule has 0 bridgehead atoms. The molecule has 2 aromatic carbocycles. The first-order valence-electron chi connectivity index (χ1n) is 11.1. The molecule has 1 fully saturated rings. The molecule has 33 heavy (non-hydrogen) atoms. The van der Waals surface area contributed by atoms with Crippen molar-refractivity contribution >= 4 is 29.3 Å². The van der Waals surface area contributed by atoms with Crippen LogP contribution >= 0.6 is 23.4 Å². The van der Waals surface area contributed by atoms with Gasteiger partial charge in [0.15, 0.2) is 5.43 Å². The summed E-state index contributed by atoms with van der Waals surface area (Å²) >= 11 is 8.08. The van der Waals surface area contributed by atoms with E-state index in [9.17, 15) is 9.59 Å². The quantitative estimate of drug-likeness (QED) is 0.526. The summed E-state index contributed by atoms with van der Waals surface area (Å²) in [5.74, 6) is -0.242. The number of aryl methyl sites for hydroxylation is 1. The van der Waals surface area contributed by atoms with Gasteiger partial charge in [0.05, 0.1) is 18.3 Å². The Morgan fingerprint density at radius 3 is 2.70 bits per heavy atom. The van der Waals surface area contributed by atoms with Crippen LogP contribution in [0.15, 0.2) is 64.3 Å². The Morgan fingerprint density at radius 2 is 1.97 bits per heavy atom. The number of amides is 1. The van der Waals surface area contributed by atoms with Gasteiger partial charge in [-0.3, -0.25) is 9.59 Å². The van der Waals surface area contributed by atoms with Gasteiger partial charge in [0, 0.05) is 52.7 Å². The van der Waals surface area contributed by atoms with Gasteiger partial charge in [0.25, 0.3) is 5.91 Å². The van der Waals surface area contributed by atoms with E-state index in [-0.39, 0.29) is 28.2 Å². The lowest BCUT2D eigenvalue weighted by molar-refractivity contribution is 0.0708. The van der Waals surface area contributed by atoms with E-state index in [0.29, 0.717) is 24.7 Å². The average molecular weight is 481 g/mol. The molecule has 1 aromatic heterocycles. The number of nitrogens with zero attached hydrogens (tertiary/aromatic N) is 2. The topological polar surface area (TPSA) is 51.5 Å². The standard InChI is InChI=1S/C26H25ClN2O3S/c1-16-12-22(30)25(26(31)28(2)19-10-11-32-15-19)21-14-23(17-6-4-3-5-7-17)33-24-13-18(27)8-9-20(24)29(16)21/h3-9,12-13,19,23H,10-11,14-15H2,1-2H3/t19-,23+/m1/s1. The molecule has 0 aliphatic carbocycles. The average Bonchev–Trinajstić information content (AvgIpc) is 3.28. The molecule has 5 nitrogen and oxygen atoms in total. The number of ether oxygens (including phenoxy) is 1. The summed E-state index contributed by atoms with van der Waals surface area (Å²) in [7, 11) is 1.77. The van der Waals surface area contributed by atoms with E-state index in [4.69, 9.17) is 16.3 Å². The number of fused-ring (bicyclic) bond motifs is 3. The zero-order valence-corrected chi connectivity index (χ0v) is 20.2. The smallest absolute Gasteiger partial charge is 0.259 e. The number of hydrogen-bond acceptors (Lipinski definition) is 4. The Bertz CT molecular complexity index is 1270. The van der Waals surface area contributed by atoms with Crippen molar-refractivity contribution in [1.82, 2.24) is 9.47 Å². The normalized spacial score (nSPS) is 19.5. The first kappa shape index (κ1) is 22.3. The third kappa shape index (κ3) is 4.12. The van der Waals surface area contributed by atoms with Gasteiger partial charge in [0.2, 0.25) is 0 Å². The highest BCUT2D eigenvalue weighted by Crippen LogP contribution is 2.45. The van der Waals surface area contributed by atoms with E-state index >= 15 is 0 Å². The molecule has 7 heteroatoms. The van der Waals surface area contributed by atoms with Crippen molar-refractivity contribution in [2.75, 3.05) is 20.3 Å². The van der Waals surface area contributed by atoms with Gasteiger partial charge in [-0.05, 0) is 37.1 Å². The number of carbonyl (C=O) groups excluding carboxylic acids is 1. The lowest BCUT2D eigenvalue weighted by atomic mass is 10.0. The second-order valence-electron chi connectivity index (χ2n) is 8.57. The fourth-order valence-corrected chi connectivity index (χ4v) is 6.26. The highest BCUT2D eigenvalue weighted by atomic mass is 35.5. The highest BCUT2D eigenvalue weighted by molar-refractivity contribution is 7.99. The second kappa shape index (κ2) is 9.01. The summed E-state index contributed by atoms with van der Waals surface area (Å²) < 4.78 is 7.55. The van der Waals surface area contributed by atoms with Gasteiger partial charge in [-0.2, -0.15) is 0 Å². The first-order valence-corrected chi connectivity index (χ1v) is 12.3. The van der Waals surface area contributed by atoms with E-state index < -0.39 is 0 Å². The summed E-state index contributed by atoms with van der Waals surface area (Å²) in [4.78, 5) is 29.7.